The van der Waals surface area contributed by atoms with E-state index in [4.69, 9.17) is 4.74 Å². The average Bonchev–Trinajstić information content (AvgIpc) is 3.16. The third-order valence-electron chi connectivity index (χ3n) is 3.14. The fourth-order valence-electron chi connectivity index (χ4n) is 2.09. The number of thiazole rings is 1. The van der Waals surface area contributed by atoms with Crippen LogP contribution in [-0.2, 0) is 7.05 Å². The summed E-state index contributed by atoms with van der Waals surface area (Å²) in [4.78, 5) is 16.4. The number of aryl methyl sites for hydroxylation is 1. The van der Waals surface area contributed by atoms with Crippen molar-refractivity contribution < 1.29 is 9.53 Å². The molecule has 0 saturated carbocycles. The highest BCUT2D eigenvalue weighted by molar-refractivity contribution is 7.13. The van der Waals surface area contributed by atoms with Gasteiger partial charge in [0.1, 0.15) is 10.8 Å². The molecule has 0 spiro atoms. The smallest absolute Gasteiger partial charge is 0.216 e. The molecule has 0 radical (unpaired) electrons. The molecular formula is C16H14N2O2S. The molecule has 0 aliphatic heterocycles. The number of carbonyl (C=O) groups excluding carboxylic acids is 1. The molecule has 0 aliphatic rings. The summed E-state index contributed by atoms with van der Waals surface area (Å²) in [6, 6.07) is 11.3. The Morgan fingerprint density at radius 2 is 2.14 bits per heavy atom. The molecule has 0 amide bonds. The van der Waals surface area contributed by atoms with Crippen molar-refractivity contribution in [3.05, 3.63) is 59.9 Å². The van der Waals surface area contributed by atoms with Gasteiger partial charge < -0.3 is 9.30 Å². The first kappa shape index (κ1) is 13.6. The molecule has 0 bridgehead atoms. The van der Waals surface area contributed by atoms with E-state index in [1.165, 1.54) is 0 Å². The molecule has 0 saturated heterocycles. The molecule has 21 heavy (non-hydrogen) atoms. The second kappa shape index (κ2) is 5.93. The second-order valence-electron chi connectivity index (χ2n) is 4.55. The number of benzene rings is 1. The lowest BCUT2D eigenvalue weighted by Crippen LogP contribution is -2.15. The predicted molar refractivity (Wildman–Crippen MR) is 82.8 cm³/mol. The van der Waals surface area contributed by atoms with Gasteiger partial charge in [0.25, 0.3) is 0 Å². The van der Waals surface area contributed by atoms with Gasteiger partial charge in [-0.15, -0.1) is 11.3 Å². The summed E-state index contributed by atoms with van der Waals surface area (Å²) in [5.41, 5.74) is 1.55. The van der Waals surface area contributed by atoms with Crippen LogP contribution >= 0.6 is 11.3 Å². The maximum atomic E-state index is 12.1. The summed E-state index contributed by atoms with van der Waals surface area (Å²) < 4.78 is 7.50. The topological polar surface area (TPSA) is 44.1 Å². The Labute approximate surface area is 126 Å². The largest absolute Gasteiger partial charge is 0.485 e. The number of ether oxygens (including phenoxy) is 1. The highest BCUT2D eigenvalue weighted by atomic mass is 32.1. The summed E-state index contributed by atoms with van der Waals surface area (Å²) in [6.07, 6.45) is 3.60. The highest BCUT2D eigenvalue weighted by Crippen LogP contribution is 2.31. The van der Waals surface area contributed by atoms with Crippen LogP contribution < -0.4 is 4.74 Å². The lowest BCUT2D eigenvalue weighted by molar-refractivity contribution is 0.0914. The fraction of sp³-hybridized carbons (Fsp3) is 0.125. The number of ketones is 1. The molecule has 1 aromatic carbocycles. The van der Waals surface area contributed by atoms with Crippen molar-refractivity contribution in [2.24, 2.45) is 7.05 Å². The minimum absolute atomic E-state index is 0.0141. The second-order valence-corrected chi connectivity index (χ2v) is 5.44. The Kier molecular flexibility index (Phi) is 3.83. The third-order valence-corrected chi connectivity index (χ3v) is 3.94. The van der Waals surface area contributed by atoms with Crippen molar-refractivity contribution in [1.29, 1.82) is 0 Å². The zero-order valence-electron chi connectivity index (χ0n) is 11.5. The SMILES string of the molecule is Cn1cccc1C(=O)COc1ccccc1-c1nccs1. The Morgan fingerprint density at radius 1 is 1.29 bits per heavy atom. The Balaban J connectivity index is 1.77. The van der Waals surface area contributed by atoms with Crippen molar-refractivity contribution in [3.8, 4) is 16.3 Å². The van der Waals surface area contributed by atoms with Gasteiger partial charge in [0, 0.05) is 24.8 Å². The lowest BCUT2D eigenvalue weighted by Gasteiger charge is -2.09. The minimum atomic E-state index is -0.0450. The number of hydrogen-bond acceptors (Lipinski definition) is 4. The summed E-state index contributed by atoms with van der Waals surface area (Å²) in [5.74, 6) is 0.631. The molecule has 3 aromatic rings. The number of carbonyl (C=O) groups is 1. The van der Waals surface area contributed by atoms with Crippen molar-refractivity contribution in [3.63, 3.8) is 0 Å². The maximum absolute atomic E-state index is 12.1. The van der Waals surface area contributed by atoms with Crippen LogP contribution in [0.25, 0.3) is 10.6 Å². The Hall–Kier alpha value is -2.40. The van der Waals surface area contributed by atoms with E-state index in [0.29, 0.717) is 11.4 Å². The highest BCUT2D eigenvalue weighted by Gasteiger charge is 2.12. The molecule has 5 heteroatoms. The molecule has 0 N–H and O–H groups in total. The predicted octanol–water partition coefficient (Wildman–Crippen LogP) is 3.41. The van der Waals surface area contributed by atoms with Gasteiger partial charge in [-0.2, -0.15) is 0 Å². The molecular weight excluding hydrogens is 284 g/mol. The van der Waals surface area contributed by atoms with Crippen LogP contribution in [0.4, 0.5) is 0 Å². The van der Waals surface area contributed by atoms with E-state index < -0.39 is 0 Å². The summed E-state index contributed by atoms with van der Waals surface area (Å²) >= 11 is 1.54. The van der Waals surface area contributed by atoms with Gasteiger partial charge in [0.05, 0.1) is 11.3 Å². The Bertz CT molecular complexity index is 747. The normalized spacial score (nSPS) is 10.5. The van der Waals surface area contributed by atoms with Gasteiger partial charge in [-0.25, -0.2) is 4.98 Å². The van der Waals surface area contributed by atoms with E-state index in [9.17, 15) is 4.79 Å². The molecule has 4 nitrogen and oxygen atoms in total. The zero-order valence-corrected chi connectivity index (χ0v) is 12.3. The molecule has 3 rings (SSSR count). The fourth-order valence-corrected chi connectivity index (χ4v) is 2.76. The van der Waals surface area contributed by atoms with Crippen LogP contribution in [0.3, 0.4) is 0 Å². The van der Waals surface area contributed by atoms with Gasteiger partial charge in [-0.3, -0.25) is 4.79 Å². The summed E-state index contributed by atoms with van der Waals surface area (Å²) in [6.45, 7) is 0.0141. The minimum Gasteiger partial charge on any atom is -0.485 e. The summed E-state index contributed by atoms with van der Waals surface area (Å²) in [5, 5.41) is 2.80. The Morgan fingerprint density at radius 3 is 2.86 bits per heavy atom. The van der Waals surface area contributed by atoms with Crippen LogP contribution in [0.2, 0.25) is 0 Å². The molecule has 0 atom stereocenters. The number of aromatic nitrogens is 2. The number of para-hydroxylation sites is 1. The van der Waals surface area contributed by atoms with Gasteiger partial charge >= 0.3 is 0 Å². The standard InChI is InChI=1S/C16H14N2O2S/c1-18-9-4-6-13(18)14(19)11-20-15-7-3-2-5-12(15)16-17-8-10-21-16/h2-10H,11H2,1H3. The number of rotatable bonds is 5. The first-order valence-electron chi connectivity index (χ1n) is 6.52. The van der Waals surface area contributed by atoms with Crippen LogP contribution in [0, 0.1) is 0 Å². The molecule has 2 heterocycles. The third kappa shape index (κ3) is 2.87. The van der Waals surface area contributed by atoms with E-state index in [1.54, 1.807) is 28.2 Å². The number of hydrogen-bond donors (Lipinski definition) is 0. The lowest BCUT2D eigenvalue weighted by atomic mass is 10.2. The van der Waals surface area contributed by atoms with E-state index in [2.05, 4.69) is 4.98 Å². The molecule has 0 unspecified atom stereocenters. The van der Waals surface area contributed by atoms with E-state index in [1.807, 2.05) is 49.0 Å². The monoisotopic (exact) mass is 298 g/mol. The number of nitrogens with zero attached hydrogens (tertiary/aromatic N) is 2. The van der Waals surface area contributed by atoms with Crippen molar-refractivity contribution in [2.45, 2.75) is 0 Å². The van der Waals surface area contributed by atoms with Gasteiger partial charge in [0.2, 0.25) is 5.78 Å². The van der Waals surface area contributed by atoms with Crippen LogP contribution in [0.5, 0.6) is 5.75 Å². The first-order chi connectivity index (χ1) is 10.3. The van der Waals surface area contributed by atoms with Gasteiger partial charge in [-0.1, -0.05) is 12.1 Å². The molecule has 106 valence electrons. The molecule has 2 aromatic heterocycles. The first-order valence-corrected chi connectivity index (χ1v) is 7.40. The van der Waals surface area contributed by atoms with Gasteiger partial charge in [-0.05, 0) is 24.3 Å². The molecule has 0 fully saturated rings. The van der Waals surface area contributed by atoms with Crippen molar-refractivity contribution in [2.75, 3.05) is 6.61 Å². The van der Waals surface area contributed by atoms with Gasteiger partial charge in [0.15, 0.2) is 6.61 Å². The van der Waals surface area contributed by atoms with E-state index in [0.717, 1.165) is 10.6 Å². The van der Waals surface area contributed by atoms with Crippen LogP contribution in [-0.4, -0.2) is 21.9 Å². The zero-order chi connectivity index (χ0) is 14.7. The van der Waals surface area contributed by atoms with Crippen molar-refractivity contribution in [1.82, 2.24) is 9.55 Å². The van der Waals surface area contributed by atoms with E-state index in [-0.39, 0.29) is 12.4 Å². The maximum Gasteiger partial charge on any atom is 0.216 e. The van der Waals surface area contributed by atoms with Crippen molar-refractivity contribution >= 4 is 17.1 Å². The van der Waals surface area contributed by atoms with Crippen LogP contribution in [0.1, 0.15) is 10.5 Å². The summed E-state index contributed by atoms with van der Waals surface area (Å²) in [7, 11) is 1.84. The number of Topliss-reactive ketones (excluding diaryl/α,β-unsaturated/α-hetero) is 1. The average molecular weight is 298 g/mol. The van der Waals surface area contributed by atoms with Crippen LogP contribution in [0.15, 0.2) is 54.2 Å². The quantitative estimate of drug-likeness (QED) is 0.678. The van der Waals surface area contributed by atoms with E-state index >= 15 is 0 Å². The molecule has 0 aliphatic carbocycles.